The van der Waals surface area contributed by atoms with Crippen molar-refractivity contribution >= 4 is 15.9 Å². The lowest BCUT2D eigenvalue weighted by molar-refractivity contribution is 0.457. The SMILES string of the molecule is C[C@H](NCc1cccc(Br)c1O)c1cccc(F)c1. The first kappa shape index (κ1) is 14.0. The molecule has 0 aliphatic heterocycles. The number of nitrogens with one attached hydrogen (secondary N) is 1. The monoisotopic (exact) mass is 323 g/mol. The van der Waals surface area contributed by atoms with E-state index in [9.17, 15) is 9.50 Å². The Balaban J connectivity index is 2.04. The van der Waals surface area contributed by atoms with E-state index in [-0.39, 0.29) is 17.6 Å². The van der Waals surface area contributed by atoms with E-state index in [1.54, 1.807) is 12.1 Å². The van der Waals surface area contributed by atoms with Gasteiger partial charge in [0.15, 0.2) is 0 Å². The lowest BCUT2D eigenvalue weighted by atomic mass is 10.1. The molecule has 2 aromatic carbocycles. The quantitative estimate of drug-likeness (QED) is 0.886. The highest BCUT2D eigenvalue weighted by Crippen LogP contribution is 2.27. The molecular formula is C15H15BrFNO. The topological polar surface area (TPSA) is 32.3 Å². The van der Waals surface area contributed by atoms with Crippen molar-refractivity contribution in [1.29, 1.82) is 0 Å². The van der Waals surface area contributed by atoms with E-state index in [0.717, 1.165) is 11.1 Å². The number of rotatable bonds is 4. The summed E-state index contributed by atoms with van der Waals surface area (Å²) in [6.07, 6.45) is 0. The van der Waals surface area contributed by atoms with E-state index in [2.05, 4.69) is 21.2 Å². The van der Waals surface area contributed by atoms with Crippen LogP contribution in [0.15, 0.2) is 46.9 Å². The van der Waals surface area contributed by atoms with Gasteiger partial charge in [0, 0.05) is 18.2 Å². The molecule has 0 aromatic heterocycles. The Hall–Kier alpha value is -1.39. The van der Waals surface area contributed by atoms with E-state index in [1.807, 2.05) is 25.1 Å². The number of aromatic hydroxyl groups is 1. The second-order valence-corrected chi connectivity index (χ2v) is 5.26. The van der Waals surface area contributed by atoms with Gasteiger partial charge in [0.05, 0.1) is 4.47 Å². The maximum Gasteiger partial charge on any atom is 0.134 e. The first-order chi connectivity index (χ1) is 9.08. The molecule has 19 heavy (non-hydrogen) atoms. The summed E-state index contributed by atoms with van der Waals surface area (Å²) in [6.45, 7) is 2.48. The van der Waals surface area contributed by atoms with E-state index in [0.29, 0.717) is 11.0 Å². The highest BCUT2D eigenvalue weighted by molar-refractivity contribution is 9.10. The summed E-state index contributed by atoms with van der Waals surface area (Å²) >= 11 is 3.28. The maximum absolute atomic E-state index is 13.1. The van der Waals surface area contributed by atoms with Gasteiger partial charge in [0.2, 0.25) is 0 Å². The fraction of sp³-hybridized carbons (Fsp3) is 0.200. The lowest BCUT2D eigenvalue weighted by Crippen LogP contribution is -2.18. The molecule has 0 saturated carbocycles. The van der Waals surface area contributed by atoms with Gasteiger partial charge >= 0.3 is 0 Å². The van der Waals surface area contributed by atoms with Gasteiger partial charge in [0.25, 0.3) is 0 Å². The molecule has 0 radical (unpaired) electrons. The molecule has 0 aliphatic rings. The predicted octanol–water partition coefficient (Wildman–Crippen LogP) is 4.14. The van der Waals surface area contributed by atoms with Crippen LogP contribution in [0.25, 0.3) is 0 Å². The third kappa shape index (κ3) is 3.55. The smallest absolute Gasteiger partial charge is 0.134 e. The highest BCUT2D eigenvalue weighted by Gasteiger charge is 2.08. The van der Waals surface area contributed by atoms with Crippen molar-refractivity contribution in [2.45, 2.75) is 19.5 Å². The summed E-state index contributed by atoms with van der Waals surface area (Å²) in [5, 5.41) is 13.1. The summed E-state index contributed by atoms with van der Waals surface area (Å²) in [4.78, 5) is 0. The van der Waals surface area contributed by atoms with E-state index >= 15 is 0 Å². The van der Waals surface area contributed by atoms with Crippen LogP contribution in [0.5, 0.6) is 5.75 Å². The molecule has 2 rings (SSSR count). The fourth-order valence-corrected chi connectivity index (χ4v) is 2.27. The first-order valence-corrected chi connectivity index (χ1v) is 6.82. The van der Waals surface area contributed by atoms with Crippen molar-refractivity contribution in [3.63, 3.8) is 0 Å². The maximum atomic E-state index is 13.1. The number of phenolic OH excluding ortho intramolecular Hbond substituents is 1. The van der Waals surface area contributed by atoms with Gasteiger partial charge in [-0.15, -0.1) is 0 Å². The zero-order chi connectivity index (χ0) is 13.8. The molecular weight excluding hydrogens is 309 g/mol. The van der Waals surface area contributed by atoms with E-state index in [1.165, 1.54) is 12.1 Å². The number of halogens is 2. The standard InChI is InChI=1S/C15H15BrFNO/c1-10(11-4-2-6-13(17)8-11)18-9-12-5-3-7-14(16)15(12)19/h2-8,10,18-19H,9H2,1H3/t10-/m0/s1. The van der Waals surface area contributed by atoms with Crippen molar-refractivity contribution in [2.75, 3.05) is 0 Å². The summed E-state index contributed by atoms with van der Waals surface area (Å²) in [5.41, 5.74) is 1.69. The molecule has 0 amide bonds. The molecule has 0 unspecified atom stereocenters. The largest absolute Gasteiger partial charge is 0.506 e. The molecule has 0 saturated heterocycles. The Bertz CT molecular complexity index is 574. The predicted molar refractivity (Wildman–Crippen MR) is 77.5 cm³/mol. The number of benzene rings is 2. The second kappa shape index (κ2) is 6.17. The molecule has 4 heteroatoms. The molecule has 0 spiro atoms. The van der Waals surface area contributed by atoms with E-state index in [4.69, 9.17) is 0 Å². The zero-order valence-corrected chi connectivity index (χ0v) is 12.1. The van der Waals surface area contributed by atoms with Gasteiger partial charge in [0.1, 0.15) is 11.6 Å². The van der Waals surface area contributed by atoms with Gasteiger partial charge < -0.3 is 10.4 Å². The van der Waals surface area contributed by atoms with Crippen molar-refractivity contribution in [3.05, 3.63) is 63.9 Å². The van der Waals surface area contributed by atoms with Crippen LogP contribution in [0.4, 0.5) is 4.39 Å². The zero-order valence-electron chi connectivity index (χ0n) is 10.5. The minimum Gasteiger partial charge on any atom is -0.506 e. The minimum atomic E-state index is -0.239. The van der Waals surface area contributed by atoms with Crippen LogP contribution in [0, 0.1) is 5.82 Å². The van der Waals surface area contributed by atoms with Gasteiger partial charge in [-0.25, -0.2) is 4.39 Å². The number of hydrogen-bond donors (Lipinski definition) is 2. The molecule has 1 atom stereocenters. The van der Waals surface area contributed by atoms with Gasteiger partial charge in [-0.05, 0) is 46.6 Å². The van der Waals surface area contributed by atoms with Crippen LogP contribution in [0.2, 0.25) is 0 Å². The van der Waals surface area contributed by atoms with Crippen LogP contribution in [-0.2, 0) is 6.54 Å². The molecule has 0 heterocycles. The Morgan fingerprint density at radius 2 is 2.00 bits per heavy atom. The normalized spacial score (nSPS) is 12.4. The lowest BCUT2D eigenvalue weighted by Gasteiger charge is -2.15. The number of hydrogen-bond acceptors (Lipinski definition) is 2. The summed E-state index contributed by atoms with van der Waals surface area (Å²) < 4.78 is 13.8. The minimum absolute atomic E-state index is 0.00841. The number of para-hydroxylation sites is 1. The highest BCUT2D eigenvalue weighted by atomic mass is 79.9. The van der Waals surface area contributed by atoms with Gasteiger partial charge in [-0.3, -0.25) is 0 Å². The van der Waals surface area contributed by atoms with Crippen molar-refractivity contribution in [3.8, 4) is 5.75 Å². The molecule has 100 valence electrons. The summed E-state index contributed by atoms with van der Waals surface area (Å²) in [5.74, 6) is -0.00195. The average molecular weight is 324 g/mol. The first-order valence-electron chi connectivity index (χ1n) is 6.03. The second-order valence-electron chi connectivity index (χ2n) is 4.41. The Morgan fingerprint density at radius 1 is 1.26 bits per heavy atom. The van der Waals surface area contributed by atoms with E-state index < -0.39 is 0 Å². The Morgan fingerprint density at radius 3 is 2.74 bits per heavy atom. The van der Waals surface area contributed by atoms with Crippen LogP contribution >= 0.6 is 15.9 Å². The molecule has 0 fully saturated rings. The van der Waals surface area contributed by atoms with Crippen molar-refractivity contribution < 1.29 is 9.50 Å². The van der Waals surface area contributed by atoms with Crippen LogP contribution in [-0.4, -0.2) is 5.11 Å². The number of phenols is 1. The van der Waals surface area contributed by atoms with Crippen LogP contribution in [0.1, 0.15) is 24.1 Å². The van der Waals surface area contributed by atoms with Gasteiger partial charge in [-0.2, -0.15) is 0 Å². The average Bonchev–Trinajstić information content (AvgIpc) is 2.40. The summed E-state index contributed by atoms with van der Waals surface area (Å²) in [7, 11) is 0. The summed E-state index contributed by atoms with van der Waals surface area (Å²) in [6, 6.07) is 12.0. The molecule has 0 aliphatic carbocycles. The molecule has 2 aromatic rings. The van der Waals surface area contributed by atoms with Crippen molar-refractivity contribution in [1.82, 2.24) is 5.32 Å². The molecule has 2 nitrogen and oxygen atoms in total. The molecule has 0 bridgehead atoms. The van der Waals surface area contributed by atoms with Gasteiger partial charge in [-0.1, -0.05) is 24.3 Å². The van der Waals surface area contributed by atoms with Crippen LogP contribution in [0.3, 0.4) is 0 Å². The third-order valence-corrected chi connectivity index (χ3v) is 3.66. The van der Waals surface area contributed by atoms with Crippen molar-refractivity contribution in [2.24, 2.45) is 0 Å². The fourth-order valence-electron chi connectivity index (χ4n) is 1.86. The Labute approximate surface area is 120 Å². The third-order valence-electron chi connectivity index (χ3n) is 3.02. The van der Waals surface area contributed by atoms with Crippen LogP contribution < -0.4 is 5.32 Å². The Kier molecular flexibility index (Phi) is 4.56. The molecule has 2 N–H and O–H groups in total.